The van der Waals surface area contributed by atoms with Crippen molar-refractivity contribution in [3.05, 3.63) is 0 Å². The van der Waals surface area contributed by atoms with Crippen molar-refractivity contribution in [1.29, 1.82) is 0 Å². The summed E-state index contributed by atoms with van der Waals surface area (Å²) in [4.78, 5) is 0. The summed E-state index contributed by atoms with van der Waals surface area (Å²) in [6, 6.07) is 0. The monoisotopic (exact) mass is 201 g/mol. The van der Waals surface area contributed by atoms with Crippen LogP contribution in [-0.4, -0.2) is 12.1 Å². The van der Waals surface area contributed by atoms with Crippen LogP contribution in [0.1, 0.15) is 0 Å². The third kappa shape index (κ3) is 6.61. The molecular weight excluding hydrogens is 198 g/mol. The van der Waals surface area contributed by atoms with Crippen LogP contribution in [0.4, 0.5) is 0 Å². The molecule has 0 aromatic carbocycles. The van der Waals surface area contributed by atoms with Crippen molar-refractivity contribution in [2.75, 3.05) is 0 Å². The summed E-state index contributed by atoms with van der Waals surface area (Å²) in [5.74, 6) is 0. The molecule has 6 nitrogen and oxygen atoms in total. The molecule has 49 valence electrons. The van der Waals surface area contributed by atoms with Crippen LogP contribution >= 0.6 is 0 Å². The van der Waals surface area contributed by atoms with Crippen LogP contribution in [0.15, 0.2) is 0 Å². The first kappa shape index (κ1) is 8.61. The van der Waals surface area contributed by atoms with Gasteiger partial charge in [0.25, 0.3) is 0 Å². The molecule has 0 atom stereocenters. The first-order chi connectivity index (χ1) is 3.42. The second-order valence-electron chi connectivity index (χ2n) is 0.810. The maximum absolute atomic E-state index is 9.65. The summed E-state index contributed by atoms with van der Waals surface area (Å²) in [7, 11) is 0. The van der Waals surface area contributed by atoms with Gasteiger partial charge in [0.2, 0.25) is 0 Å². The predicted molar refractivity (Wildman–Crippen MR) is 9.11 cm³/mol. The Balaban J connectivity index is 3.74. The van der Waals surface area contributed by atoms with Crippen molar-refractivity contribution < 1.29 is 52.9 Å². The zero-order chi connectivity index (χ0) is 6.78. The molecular formula is H3O6V2. The molecule has 3 N–H and O–H groups in total. The van der Waals surface area contributed by atoms with Crippen LogP contribution in [0.25, 0.3) is 0 Å². The molecule has 0 fully saturated rings. The Morgan fingerprint density at radius 1 is 1.50 bits per heavy atom. The van der Waals surface area contributed by atoms with Gasteiger partial charge in [-0.25, -0.2) is 0 Å². The van der Waals surface area contributed by atoms with Crippen LogP contribution in [0.3, 0.4) is 0 Å². The van der Waals surface area contributed by atoms with Crippen molar-refractivity contribution in [2.24, 2.45) is 0 Å². The molecule has 0 bridgehead atoms. The minimum atomic E-state index is -5.26. The molecule has 0 radical (unpaired) electrons. The molecule has 8 heavy (non-hydrogen) atoms. The van der Waals surface area contributed by atoms with Crippen molar-refractivity contribution in [1.82, 2.24) is 0 Å². The van der Waals surface area contributed by atoms with Crippen LogP contribution in [-0.2, 0) is 40.8 Å². The van der Waals surface area contributed by atoms with E-state index < -0.39 is 30.8 Å². The Morgan fingerprint density at radius 2 is 1.88 bits per heavy atom. The molecule has 0 unspecified atom stereocenters. The molecule has 0 aromatic heterocycles. The standard InChI is InChI=1S/3H2O.3O.2V/h3*1H2;;;;;/q;;;;;;+1;+2/p-3. The van der Waals surface area contributed by atoms with Crippen LogP contribution < -0.4 is 0 Å². The summed E-state index contributed by atoms with van der Waals surface area (Å²) in [5, 5.41) is 0. The Bertz CT molecular complexity index is 129. The fourth-order valence-corrected chi connectivity index (χ4v) is 1.55. The van der Waals surface area contributed by atoms with Gasteiger partial charge in [-0.1, -0.05) is 0 Å². The Kier molecular flexibility index (Phi) is 3.18. The van der Waals surface area contributed by atoms with E-state index in [-0.39, 0.29) is 0 Å². The Hall–Kier alpha value is 0.609. The normalized spacial score (nSPS) is 11.4. The minimum absolute atomic E-state index is 3.31. The summed E-state index contributed by atoms with van der Waals surface area (Å²) in [6.45, 7) is 0. The van der Waals surface area contributed by atoms with Crippen LogP contribution in [0.2, 0.25) is 0 Å². The molecule has 0 heterocycles. The van der Waals surface area contributed by atoms with Gasteiger partial charge >= 0.3 is 52.9 Å². The molecule has 0 saturated heterocycles. The topological polar surface area (TPSA) is 104 Å². The average molecular weight is 201 g/mol. The van der Waals surface area contributed by atoms with Crippen LogP contribution in [0.5, 0.6) is 0 Å². The number of rotatable bonds is 2. The summed E-state index contributed by atoms with van der Waals surface area (Å²) in [6.07, 6.45) is 0. The zero-order valence-electron chi connectivity index (χ0n) is 3.46. The summed E-state index contributed by atoms with van der Waals surface area (Å²) in [5.41, 5.74) is 0. The van der Waals surface area contributed by atoms with Gasteiger partial charge in [0.1, 0.15) is 0 Å². The molecule has 0 aliphatic rings. The van der Waals surface area contributed by atoms with Crippen molar-refractivity contribution >= 4 is 0 Å². The molecule has 8 heteroatoms. The molecule has 0 rings (SSSR count). The quantitative estimate of drug-likeness (QED) is 0.478. The van der Waals surface area contributed by atoms with Crippen molar-refractivity contribution in [2.45, 2.75) is 0 Å². The Morgan fingerprint density at radius 3 is 1.88 bits per heavy atom. The molecule has 0 aliphatic heterocycles. The first-order valence-corrected chi connectivity index (χ1v) is 5.48. The zero-order valence-corrected chi connectivity index (χ0v) is 6.25. The molecule has 0 aliphatic carbocycles. The van der Waals surface area contributed by atoms with E-state index in [1.165, 1.54) is 0 Å². The van der Waals surface area contributed by atoms with E-state index in [1.54, 1.807) is 0 Å². The fraction of sp³-hybridized carbons (Fsp3) is 0. The maximum atomic E-state index is 9.65. The van der Waals surface area contributed by atoms with Gasteiger partial charge in [-0.05, 0) is 0 Å². The van der Waals surface area contributed by atoms with E-state index in [0.29, 0.717) is 0 Å². The molecule has 0 amide bonds. The van der Waals surface area contributed by atoms with E-state index in [2.05, 4.69) is 2.59 Å². The van der Waals surface area contributed by atoms with E-state index in [1.807, 2.05) is 0 Å². The Labute approximate surface area is 53.2 Å². The summed E-state index contributed by atoms with van der Waals surface area (Å²) >= 11 is -9.10. The van der Waals surface area contributed by atoms with E-state index in [4.69, 9.17) is 12.1 Å². The van der Waals surface area contributed by atoms with Crippen molar-refractivity contribution in [3.8, 4) is 0 Å². The van der Waals surface area contributed by atoms with Gasteiger partial charge in [-0.15, -0.1) is 0 Å². The second kappa shape index (κ2) is 2.95. The number of hydrogen-bond donors (Lipinski definition) is 3. The average Bonchev–Trinajstić information content (AvgIpc) is 1.21. The third-order valence-electron chi connectivity index (χ3n) is 0.176. The van der Waals surface area contributed by atoms with Gasteiger partial charge in [0.05, 0.1) is 0 Å². The molecule has 0 aromatic rings. The van der Waals surface area contributed by atoms with Gasteiger partial charge in [0, 0.05) is 0 Å². The van der Waals surface area contributed by atoms with E-state index in [0.717, 1.165) is 0 Å². The van der Waals surface area contributed by atoms with Gasteiger partial charge in [-0.3, -0.25) is 0 Å². The van der Waals surface area contributed by atoms with E-state index in [9.17, 15) is 7.35 Å². The SMILES string of the molecule is [O]=[V]([OH])[O][V](=[O])([OH])[OH]. The van der Waals surface area contributed by atoms with E-state index >= 15 is 0 Å². The van der Waals surface area contributed by atoms with Gasteiger partial charge < -0.3 is 0 Å². The summed E-state index contributed by atoms with van der Waals surface area (Å²) < 4.78 is 45.9. The van der Waals surface area contributed by atoms with Gasteiger partial charge in [0.15, 0.2) is 0 Å². The predicted octanol–water partition coefficient (Wildman–Crippen LogP) is -1.98. The van der Waals surface area contributed by atoms with Gasteiger partial charge in [-0.2, -0.15) is 0 Å². The second-order valence-corrected chi connectivity index (χ2v) is 4.39. The fourth-order valence-electron chi connectivity index (χ4n) is 0.0910. The van der Waals surface area contributed by atoms with Crippen molar-refractivity contribution in [3.63, 3.8) is 0 Å². The molecule has 0 saturated carbocycles. The molecule has 0 spiro atoms. The third-order valence-corrected chi connectivity index (χ3v) is 3.00. The number of hydrogen-bond acceptors (Lipinski definition) is 3. The first-order valence-electron chi connectivity index (χ1n) is 1.33. The van der Waals surface area contributed by atoms with Crippen LogP contribution in [0, 0.1) is 0 Å².